The normalized spacial score (nSPS) is 13.8. The average molecular weight is 231 g/mol. The zero-order chi connectivity index (χ0) is 11.0. The third-order valence-electron chi connectivity index (χ3n) is 3.04. The Morgan fingerprint density at radius 3 is 2.50 bits per heavy atom. The summed E-state index contributed by atoms with van der Waals surface area (Å²) in [5.41, 5.74) is 4.60. The Kier molecular flexibility index (Phi) is 2.37. The van der Waals surface area contributed by atoms with Crippen LogP contribution < -0.4 is 0 Å². The molecule has 1 aromatic carbocycles. The van der Waals surface area contributed by atoms with Crippen molar-refractivity contribution in [3.8, 4) is 11.3 Å². The van der Waals surface area contributed by atoms with Crippen molar-refractivity contribution < 1.29 is 0 Å². The van der Waals surface area contributed by atoms with Crippen LogP contribution in [-0.4, -0.2) is 10.2 Å². The van der Waals surface area contributed by atoms with Gasteiger partial charge in [-0.3, -0.25) is 0 Å². The van der Waals surface area contributed by atoms with Crippen LogP contribution in [0.15, 0.2) is 30.3 Å². The second-order valence-electron chi connectivity index (χ2n) is 4.02. The fourth-order valence-corrected chi connectivity index (χ4v) is 2.52. The summed E-state index contributed by atoms with van der Waals surface area (Å²) in [6, 6.07) is 10.2. The van der Waals surface area contributed by atoms with Crippen LogP contribution in [0.5, 0.6) is 0 Å². The van der Waals surface area contributed by atoms with E-state index in [1.54, 1.807) is 0 Å². The molecule has 1 aliphatic rings. The number of fused-ring (bicyclic) bond motifs is 1. The molecular formula is C13H11ClN2. The molecule has 0 radical (unpaired) electrons. The van der Waals surface area contributed by atoms with Crippen molar-refractivity contribution in [3.05, 3.63) is 46.6 Å². The number of nitrogens with zero attached hydrogens (tertiary/aromatic N) is 2. The molecule has 80 valence electrons. The zero-order valence-corrected chi connectivity index (χ0v) is 9.54. The first-order chi connectivity index (χ1) is 7.86. The molecule has 3 rings (SSSR count). The van der Waals surface area contributed by atoms with E-state index in [9.17, 15) is 0 Å². The van der Waals surface area contributed by atoms with Crippen LogP contribution in [0.1, 0.15) is 17.5 Å². The van der Waals surface area contributed by atoms with Crippen molar-refractivity contribution in [1.29, 1.82) is 0 Å². The average Bonchev–Trinajstić information content (AvgIpc) is 2.81. The van der Waals surface area contributed by atoms with Gasteiger partial charge in [-0.05, 0) is 30.4 Å². The zero-order valence-electron chi connectivity index (χ0n) is 8.78. The number of rotatable bonds is 1. The van der Waals surface area contributed by atoms with Gasteiger partial charge in [0.15, 0.2) is 5.15 Å². The lowest BCUT2D eigenvalue weighted by Crippen LogP contribution is -1.97. The molecule has 1 aliphatic carbocycles. The quantitative estimate of drug-likeness (QED) is 0.751. The molecule has 2 nitrogen and oxygen atoms in total. The van der Waals surface area contributed by atoms with Crippen molar-refractivity contribution >= 4 is 11.6 Å². The van der Waals surface area contributed by atoms with E-state index >= 15 is 0 Å². The summed E-state index contributed by atoms with van der Waals surface area (Å²) in [5, 5.41) is 8.86. The lowest BCUT2D eigenvalue weighted by molar-refractivity contribution is 0.911. The molecule has 16 heavy (non-hydrogen) atoms. The molecule has 0 bridgehead atoms. The minimum atomic E-state index is 0.576. The minimum absolute atomic E-state index is 0.576. The Morgan fingerprint density at radius 2 is 1.69 bits per heavy atom. The van der Waals surface area contributed by atoms with Crippen LogP contribution in [0.3, 0.4) is 0 Å². The predicted octanol–water partition coefficient (Wildman–Crippen LogP) is 3.29. The second kappa shape index (κ2) is 3.87. The number of aromatic nitrogens is 2. The molecule has 0 unspecified atom stereocenters. The first-order valence-corrected chi connectivity index (χ1v) is 5.83. The minimum Gasteiger partial charge on any atom is -0.149 e. The molecule has 0 saturated carbocycles. The van der Waals surface area contributed by atoms with Gasteiger partial charge >= 0.3 is 0 Å². The fourth-order valence-electron chi connectivity index (χ4n) is 2.28. The van der Waals surface area contributed by atoms with E-state index in [1.807, 2.05) is 18.2 Å². The molecule has 0 aliphatic heterocycles. The van der Waals surface area contributed by atoms with Gasteiger partial charge in [-0.2, -0.15) is 0 Å². The summed E-state index contributed by atoms with van der Waals surface area (Å²) in [5.74, 6) is 0. The van der Waals surface area contributed by atoms with E-state index in [0.29, 0.717) is 5.15 Å². The summed E-state index contributed by atoms with van der Waals surface area (Å²) in [4.78, 5) is 0. The maximum absolute atomic E-state index is 6.06. The molecule has 0 spiro atoms. The van der Waals surface area contributed by atoms with E-state index in [0.717, 1.165) is 30.5 Å². The molecule has 0 saturated heterocycles. The molecule has 3 heteroatoms. The highest BCUT2D eigenvalue weighted by atomic mass is 35.5. The molecule has 0 atom stereocenters. The monoisotopic (exact) mass is 230 g/mol. The third-order valence-corrected chi connectivity index (χ3v) is 3.34. The van der Waals surface area contributed by atoms with Crippen molar-refractivity contribution in [3.63, 3.8) is 0 Å². The summed E-state index contributed by atoms with van der Waals surface area (Å²) in [6.07, 6.45) is 3.25. The Balaban J connectivity index is 2.20. The van der Waals surface area contributed by atoms with Crippen LogP contribution >= 0.6 is 11.6 Å². The Morgan fingerprint density at radius 1 is 0.938 bits per heavy atom. The molecule has 1 heterocycles. The second-order valence-corrected chi connectivity index (χ2v) is 4.37. The van der Waals surface area contributed by atoms with Gasteiger partial charge in [0.2, 0.25) is 0 Å². The van der Waals surface area contributed by atoms with Gasteiger partial charge in [0.05, 0.1) is 5.69 Å². The smallest absolute Gasteiger partial charge is 0.149 e. The maximum atomic E-state index is 6.06. The van der Waals surface area contributed by atoms with E-state index in [-0.39, 0.29) is 0 Å². The fraction of sp³-hybridized carbons (Fsp3) is 0.231. The number of hydrogen-bond acceptors (Lipinski definition) is 2. The molecule has 0 N–H and O–H groups in total. The van der Waals surface area contributed by atoms with Crippen LogP contribution in [0.25, 0.3) is 11.3 Å². The maximum Gasteiger partial charge on any atom is 0.155 e. The van der Waals surface area contributed by atoms with Gasteiger partial charge in [0.25, 0.3) is 0 Å². The van der Waals surface area contributed by atoms with Crippen LogP contribution in [-0.2, 0) is 12.8 Å². The van der Waals surface area contributed by atoms with Gasteiger partial charge < -0.3 is 0 Å². The van der Waals surface area contributed by atoms with E-state index in [4.69, 9.17) is 11.6 Å². The SMILES string of the molecule is Clc1nnc(-c2ccccc2)c2c1CCC2. The first kappa shape index (κ1) is 9.79. The van der Waals surface area contributed by atoms with Gasteiger partial charge in [0, 0.05) is 5.56 Å². The van der Waals surface area contributed by atoms with E-state index < -0.39 is 0 Å². The molecule has 0 fully saturated rings. The third kappa shape index (κ3) is 1.50. The molecule has 2 aromatic rings. The largest absolute Gasteiger partial charge is 0.155 e. The summed E-state index contributed by atoms with van der Waals surface area (Å²) >= 11 is 6.06. The Hall–Kier alpha value is -1.41. The Labute approximate surface area is 99.3 Å². The Bertz CT molecular complexity index is 523. The lowest BCUT2D eigenvalue weighted by Gasteiger charge is -2.07. The molecular weight excluding hydrogens is 220 g/mol. The standard InChI is InChI=1S/C13H11ClN2/c14-13-11-8-4-7-10(11)12(15-16-13)9-5-2-1-3-6-9/h1-3,5-6H,4,7-8H2. The molecule has 0 amide bonds. The van der Waals surface area contributed by atoms with Crippen molar-refractivity contribution in [2.24, 2.45) is 0 Å². The van der Waals surface area contributed by atoms with Crippen LogP contribution in [0.4, 0.5) is 0 Å². The highest BCUT2D eigenvalue weighted by Crippen LogP contribution is 2.33. The predicted molar refractivity (Wildman–Crippen MR) is 64.5 cm³/mol. The lowest BCUT2D eigenvalue weighted by atomic mass is 10.0. The summed E-state index contributed by atoms with van der Waals surface area (Å²) in [6.45, 7) is 0. The van der Waals surface area contributed by atoms with Crippen LogP contribution in [0, 0.1) is 0 Å². The number of halogens is 1. The topological polar surface area (TPSA) is 25.8 Å². The van der Waals surface area contributed by atoms with Gasteiger partial charge in [-0.15, -0.1) is 10.2 Å². The number of hydrogen-bond donors (Lipinski definition) is 0. The van der Waals surface area contributed by atoms with Gasteiger partial charge in [-0.25, -0.2) is 0 Å². The van der Waals surface area contributed by atoms with Crippen molar-refractivity contribution in [1.82, 2.24) is 10.2 Å². The highest BCUT2D eigenvalue weighted by Gasteiger charge is 2.20. The van der Waals surface area contributed by atoms with Gasteiger partial charge in [-0.1, -0.05) is 41.9 Å². The highest BCUT2D eigenvalue weighted by molar-refractivity contribution is 6.30. The van der Waals surface area contributed by atoms with Gasteiger partial charge in [0.1, 0.15) is 0 Å². The molecule has 1 aromatic heterocycles. The summed E-state index contributed by atoms with van der Waals surface area (Å²) in [7, 11) is 0. The van der Waals surface area contributed by atoms with E-state index in [2.05, 4.69) is 22.3 Å². The summed E-state index contributed by atoms with van der Waals surface area (Å²) < 4.78 is 0. The van der Waals surface area contributed by atoms with Crippen molar-refractivity contribution in [2.75, 3.05) is 0 Å². The first-order valence-electron chi connectivity index (χ1n) is 5.45. The van der Waals surface area contributed by atoms with Crippen molar-refractivity contribution in [2.45, 2.75) is 19.3 Å². The number of benzene rings is 1. The van der Waals surface area contributed by atoms with E-state index in [1.165, 1.54) is 11.1 Å². The van der Waals surface area contributed by atoms with Crippen LogP contribution in [0.2, 0.25) is 5.15 Å².